The maximum absolute atomic E-state index is 13.4. The van der Waals surface area contributed by atoms with Gasteiger partial charge in [-0.3, -0.25) is 0 Å². The van der Waals surface area contributed by atoms with Crippen LogP contribution in [-0.4, -0.2) is 47.0 Å². The van der Waals surface area contributed by atoms with Gasteiger partial charge >= 0.3 is 7.12 Å². The van der Waals surface area contributed by atoms with Gasteiger partial charge in [0.15, 0.2) is 0 Å². The minimum absolute atomic E-state index is 0.0863. The van der Waals surface area contributed by atoms with E-state index in [1.54, 1.807) is 0 Å². The van der Waals surface area contributed by atoms with Crippen molar-refractivity contribution < 1.29 is 23.9 Å². The van der Waals surface area contributed by atoms with Crippen molar-refractivity contribution in [2.75, 3.05) is 18.1 Å². The average molecular weight is 312 g/mol. The molecule has 0 radical (unpaired) electrons. The molecule has 0 bridgehead atoms. The molecule has 114 valence electrons. The Kier molecular flexibility index (Phi) is 4.45. The third-order valence-electron chi connectivity index (χ3n) is 4.06. The summed E-state index contributed by atoms with van der Waals surface area (Å²) >= 11 is 1.88. The zero-order chi connectivity index (χ0) is 14.9. The zero-order valence-electron chi connectivity index (χ0n) is 11.6. The topological polar surface area (TPSA) is 58.9 Å². The standard InChI is InChI=1S/C14H18BFO4S/c16-10-1-2-12(15(17)18)13(7-10)20-11-3-5-19-14(8-11)4-6-21-9-14/h1-2,7,11,17-18H,3-6,8-9H2. The van der Waals surface area contributed by atoms with Crippen LogP contribution in [0.15, 0.2) is 18.2 Å². The van der Waals surface area contributed by atoms with E-state index in [-0.39, 0.29) is 22.9 Å². The lowest BCUT2D eigenvalue weighted by molar-refractivity contribution is -0.0957. The van der Waals surface area contributed by atoms with Gasteiger partial charge in [-0.25, -0.2) is 4.39 Å². The second-order valence-electron chi connectivity index (χ2n) is 5.62. The number of ether oxygens (including phenoxy) is 2. The highest BCUT2D eigenvalue weighted by molar-refractivity contribution is 7.99. The molecule has 3 rings (SSSR count). The van der Waals surface area contributed by atoms with Crippen molar-refractivity contribution in [2.24, 2.45) is 0 Å². The molecule has 4 nitrogen and oxygen atoms in total. The molecule has 1 aromatic carbocycles. The Bertz CT molecular complexity index is 508. The predicted molar refractivity (Wildman–Crippen MR) is 80.5 cm³/mol. The van der Waals surface area contributed by atoms with Crippen LogP contribution < -0.4 is 10.2 Å². The molecule has 2 unspecified atom stereocenters. The van der Waals surface area contributed by atoms with Gasteiger partial charge in [-0.2, -0.15) is 11.8 Å². The Hall–Kier alpha value is -0.755. The Morgan fingerprint density at radius 1 is 1.43 bits per heavy atom. The van der Waals surface area contributed by atoms with Crippen LogP contribution in [0.3, 0.4) is 0 Å². The van der Waals surface area contributed by atoms with E-state index in [4.69, 9.17) is 9.47 Å². The van der Waals surface area contributed by atoms with E-state index in [1.807, 2.05) is 11.8 Å². The molecule has 0 aromatic heterocycles. The third kappa shape index (κ3) is 3.36. The van der Waals surface area contributed by atoms with Crippen LogP contribution in [0.4, 0.5) is 4.39 Å². The summed E-state index contributed by atoms with van der Waals surface area (Å²) in [6.45, 7) is 0.623. The molecule has 2 aliphatic heterocycles. The first-order chi connectivity index (χ1) is 10.1. The quantitative estimate of drug-likeness (QED) is 0.814. The summed E-state index contributed by atoms with van der Waals surface area (Å²) in [4.78, 5) is 0. The summed E-state index contributed by atoms with van der Waals surface area (Å²) in [5.74, 6) is 1.81. The fourth-order valence-corrected chi connectivity index (χ4v) is 4.33. The molecule has 21 heavy (non-hydrogen) atoms. The average Bonchev–Trinajstić information content (AvgIpc) is 2.86. The minimum atomic E-state index is -1.67. The highest BCUT2D eigenvalue weighted by atomic mass is 32.2. The number of thioether (sulfide) groups is 1. The maximum Gasteiger partial charge on any atom is 0.492 e. The summed E-state index contributed by atoms with van der Waals surface area (Å²) in [6.07, 6.45) is 2.41. The Balaban J connectivity index is 1.75. The largest absolute Gasteiger partial charge is 0.492 e. The summed E-state index contributed by atoms with van der Waals surface area (Å²) in [5, 5.41) is 18.7. The van der Waals surface area contributed by atoms with Crippen molar-refractivity contribution in [2.45, 2.75) is 31.0 Å². The Morgan fingerprint density at radius 2 is 2.29 bits per heavy atom. The Labute approximate surface area is 127 Å². The van der Waals surface area contributed by atoms with Crippen LogP contribution in [-0.2, 0) is 4.74 Å². The van der Waals surface area contributed by atoms with Crippen LogP contribution in [0, 0.1) is 5.82 Å². The van der Waals surface area contributed by atoms with Crippen LogP contribution in [0.5, 0.6) is 5.75 Å². The van der Waals surface area contributed by atoms with E-state index < -0.39 is 12.9 Å². The molecule has 2 fully saturated rings. The van der Waals surface area contributed by atoms with Gasteiger partial charge in [0.25, 0.3) is 0 Å². The monoisotopic (exact) mass is 312 g/mol. The molecule has 2 atom stereocenters. The first-order valence-electron chi connectivity index (χ1n) is 7.12. The van der Waals surface area contributed by atoms with E-state index in [1.165, 1.54) is 18.2 Å². The maximum atomic E-state index is 13.4. The van der Waals surface area contributed by atoms with Crippen molar-refractivity contribution in [3.8, 4) is 5.75 Å². The molecule has 0 amide bonds. The van der Waals surface area contributed by atoms with E-state index in [9.17, 15) is 14.4 Å². The lowest BCUT2D eigenvalue weighted by Crippen LogP contribution is -2.44. The summed E-state index contributed by atoms with van der Waals surface area (Å²) in [7, 11) is -1.67. The summed E-state index contributed by atoms with van der Waals surface area (Å²) in [5.41, 5.74) is 0.0663. The van der Waals surface area contributed by atoms with Crippen molar-refractivity contribution in [3.05, 3.63) is 24.0 Å². The summed E-state index contributed by atoms with van der Waals surface area (Å²) in [6, 6.07) is 3.75. The van der Waals surface area contributed by atoms with Crippen LogP contribution in [0.25, 0.3) is 0 Å². The molecular weight excluding hydrogens is 294 g/mol. The Morgan fingerprint density at radius 3 is 3.00 bits per heavy atom. The van der Waals surface area contributed by atoms with Crippen molar-refractivity contribution in [3.63, 3.8) is 0 Å². The van der Waals surface area contributed by atoms with Crippen molar-refractivity contribution >= 4 is 24.3 Å². The van der Waals surface area contributed by atoms with Crippen LogP contribution in [0.2, 0.25) is 0 Å². The molecule has 2 heterocycles. The van der Waals surface area contributed by atoms with Gasteiger partial charge in [-0.1, -0.05) is 6.07 Å². The number of benzene rings is 1. The van der Waals surface area contributed by atoms with Gasteiger partial charge in [0, 0.05) is 30.1 Å². The fourth-order valence-electron chi connectivity index (χ4n) is 2.95. The van der Waals surface area contributed by atoms with Gasteiger partial charge < -0.3 is 19.5 Å². The van der Waals surface area contributed by atoms with E-state index in [0.717, 1.165) is 30.8 Å². The molecule has 2 N–H and O–H groups in total. The van der Waals surface area contributed by atoms with Crippen molar-refractivity contribution in [1.29, 1.82) is 0 Å². The van der Waals surface area contributed by atoms with Gasteiger partial charge in [-0.05, 0) is 18.2 Å². The lowest BCUT2D eigenvalue weighted by Gasteiger charge is -2.37. The summed E-state index contributed by atoms with van der Waals surface area (Å²) < 4.78 is 25.2. The van der Waals surface area contributed by atoms with Gasteiger partial charge in [0.1, 0.15) is 17.7 Å². The molecule has 2 aliphatic rings. The van der Waals surface area contributed by atoms with Crippen LogP contribution in [0.1, 0.15) is 19.3 Å². The molecule has 2 saturated heterocycles. The number of rotatable bonds is 3. The first kappa shape index (κ1) is 15.2. The SMILES string of the molecule is OB(O)c1ccc(F)cc1OC1CCOC2(CCSC2)C1. The smallest absolute Gasteiger partial charge is 0.490 e. The molecule has 1 spiro atoms. The molecule has 1 aromatic rings. The molecule has 0 saturated carbocycles. The van der Waals surface area contributed by atoms with E-state index >= 15 is 0 Å². The van der Waals surface area contributed by atoms with Crippen molar-refractivity contribution in [1.82, 2.24) is 0 Å². The number of hydrogen-bond acceptors (Lipinski definition) is 5. The van der Waals surface area contributed by atoms with Crippen LogP contribution >= 0.6 is 11.8 Å². The van der Waals surface area contributed by atoms with Gasteiger partial charge in [0.05, 0.1) is 12.2 Å². The van der Waals surface area contributed by atoms with E-state index in [2.05, 4.69) is 0 Å². The molecule has 0 aliphatic carbocycles. The highest BCUT2D eigenvalue weighted by Gasteiger charge is 2.41. The number of halogens is 1. The molecule has 7 heteroatoms. The molecular formula is C14H18BFO4S. The second kappa shape index (κ2) is 6.16. The zero-order valence-corrected chi connectivity index (χ0v) is 12.4. The van der Waals surface area contributed by atoms with E-state index in [0.29, 0.717) is 6.61 Å². The fraction of sp³-hybridized carbons (Fsp3) is 0.571. The first-order valence-corrected chi connectivity index (χ1v) is 8.27. The number of hydrogen-bond donors (Lipinski definition) is 2. The third-order valence-corrected chi connectivity index (χ3v) is 5.29. The minimum Gasteiger partial charge on any atom is -0.490 e. The highest BCUT2D eigenvalue weighted by Crippen LogP contribution is 2.39. The normalized spacial score (nSPS) is 28.8. The van der Waals surface area contributed by atoms with Gasteiger partial charge in [-0.15, -0.1) is 0 Å². The lowest BCUT2D eigenvalue weighted by atomic mass is 9.79. The second-order valence-corrected chi connectivity index (χ2v) is 6.73. The van der Waals surface area contributed by atoms with Gasteiger partial charge in [0.2, 0.25) is 0 Å². The predicted octanol–water partition coefficient (Wildman–Crippen LogP) is 0.939.